The number of piperidine rings is 3. The maximum Gasteiger partial charge on any atom is 0.325 e. The number of likely N-dealkylation sites (tertiary alicyclic amines) is 1. The molecule has 4 aliphatic heterocycles. The van der Waals surface area contributed by atoms with Gasteiger partial charge in [0.25, 0.3) is 5.91 Å². The van der Waals surface area contributed by atoms with Gasteiger partial charge in [0.15, 0.2) is 0 Å². The van der Waals surface area contributed by atoms with E-state index in [1.807, 2.05) is 0 Å². The van der Waals surface area contributed by atoms with E-state index in [-0.39, 0.29) is 30.8 Å². The van der Waals surface area contributed by atoms with E-state index in [1.54, 1.807) is 12.1 Å². The number of nitrogens with one attached hydrogen (secondary N) is 1. The predicted octanol–water partition coefficient (Wildman–Crippen LogP) is 2.90. The molecule has 8 nitrogen and oxygen atoms in total. The zero-order valence-corrected chi connectivity index (χ0v) is 19.7. The van der Waals surface area contributed by atoms with E-state index >= 15 is 0 Å². The summed E-state index contributed by atoms with van der Waals surface area (Å²) in [6.45, 7) is 3.21. The average Bonchev–Trinajstić information content (AvgIpc) is 3.46. The number of carbonyl (C=O) groups is 3. The Bertz CT molecular complexity index is 989. The van der Waals surface area contributed by atoms with E-state index in [0.717, 1.165) is 25.9 Å². The normalized spacial score (nSPS) is 33.3. The van der Waals surface area contributed by atoms with Gasteiger partial charge in [-0.3, -0.25) is 19.4 Å². The molecule has 34 heavy (non-hydrogen) atoms. The molecule has 1 aromatic heterocycles. The minimum Gasteiger partial charge on any atom is -0.467 e. The number of fused-ring (bicyclic) bond motifs is 6. The number of nitrogens with zero attached hydrogens (tertiary/aromatic N) is 3. The first-order valence-electron chi connectivity index (χ1n) is 13.0. The first kappa shape index (κ1) is 21.9. The molecule has 4 saturated heterocycles. The molecule has 5 aliphatic rings. The smallest absolute Gasteiger partial charge is 0.325 e. The number of carbonyl (C=O) groups excluding carboxylic acids is 3. The van der Waals surface area contributed by atoms with Crippen LogP contribution in [0.15, 0.2) is 34.5 Å². The molecule has 6 rings (SSSR count). The van der Waals surface area contributed by atoms with Crippen molar-refractivity contribution in [1.82, 2.24) is 20.0 Å². The molecule has 4 amide bonds. The minimum atomic E-state index is -0.647. The van der Waals surface area contributed by atoms with Crippen LogP contribution in [0.1, 0.15) is 57.1 Å². The van der Waals surface area contributed by atoms with Gasteiger partial charge in [-0.1, -0.05) is 18.1 Å². The predicted molar refractivity (Wildman–Crippen MR) is 124 cm³/mol. The van der Waals surface area contributed by atoms with Crippen LogP contribution in [-0.2, 0) is 16.1 Å². The van der Waals surface area contributed by atoms with Crippen molar-refractivity contribution >= 4 is 17.8 Å². The Kier molecular flexibility index (Phi) is 5.71. The third-order valence-corrected chi connectivity index (χ3v) is 8.63. The first-order chi connectivity index (χ1) is 16.6. The van der Waals surface area contributed by atoms with Crippen molar-refractivity contribution < 1.29 is 18.8 Å². The van der Waals surface area contributed by atoms with Gasteiger partial charge >= 0.3 is 6.03 Å². The van der Waals surface area contributed by atoms with E-state index in [2.05, 4.69) is 21.2 Å². The Morgan fingerprint density at radius 2 is 2.09 bits per heavy atom. The zero-order valence-electron chi connectivity index (χ0n) is 19.7. The molecule has 1 N–H and O–H groups in total. The Labute approximate surface area is 200 Å². The van der Waals surface area contributed by atoms with Gasteiger partial charge in [-0.25, -0.2) is 4.79 Å². The van der Waals surface area contributed by atoms with Crippen molar-refractivity contribution in [2.45, 2.75) is 76.0 Å². The summed E-state index contributed by atoms with van der Waals surface area (Å²) in [7, 11) is 0. The van der Waals surface area contributed by atoms with Gasteiger partial charge in [-0.05, 0) is 69.0 Å². The number of amides is 4. The average molecular weight is 467 g/mol. The van der Waals surface area contributed by atoms with Crippen molar-refractivity contribution in [2.24, 2.45) is 11.8 Å². The lowest BCUT2D eigenvalue weighted by Gasteiger charge is -2.54. The Morgan fingerprint density at radius 1 is 1.18 bits per heavy atom. The Morgan fingerprint density at radius 3 is 2.94 bits per heavy atom. The summed E-state index contributed by atoms with van der Waals surface area (Å²) in [6.07, 6.45) is 11.9. The second kappa shape index (κ2) is 8.87. The van der Waals surface area contributed by atoms with E-state index in [1.165, 1.54) is 49.0 Å². The maximum atomic E-state index is 13.4. The topological polar surface area (TPSA) is 86.1 Å². The number of hydrogen-bond acceptors (Lipinski definition) is 5. The summed E-state index contributed by atoms with van der Waals surface area (Å²) in [6, 6.07) is 3.32. The summed E-state index contributed by atoms with van der Waals surface area (Å²) in [5, 5.41) is 2.75. The van der Waals surface area contributed by atoms with E-state index < -0.39 is 12.1 Å². The van der Waals surface area contributed by atoms with Gasteiger partial charge in [0.2, 0.25) is 5.91 Å². The summed E-state index contributed by atoms with van der Waals surface area (Å²) in [5.41, 5.74) is 1.47. The van der Waals surface area contributed by atoms with Crippen LogP contribution in [0.5, 0.6) is 0 Å². The molecule has 0 saturated carbocycles. The third kappa shape index (κ3) is 3.85. The molecule has 4 fully saturated rings. The number of urea groups is 1. The second-order valence-electron chi connectivity index (χ2n) is 10.6. The quantitative estimate of drug-likeness (QED) is 0.533. The minimum absolute atomic E-state index is 0.112. The highest BCUT2D eigenvalue weighted by molar-refractivity contribution is 6.04. The van der Waals surface area contributed by atoms with Crippen LogP contribution in [0.3, 0.4) is 0 Å². The molecule has 5 atom stereocenters. The van der Waals surface area contributed by atoms with E-state index in [4.69, 9.17) is 4.42 Å². The van der Waals surface area contributed by atoms with Crippen LogP contribution in [0.25, 0.3) is 0 Å². The van der Waals surface area contributed by atoms with Crippen molar-refractivity contribution in [3.8, 4) is 0 Å². The fourth-order valence-corrected chi connectivity index (χ4v) is 7.15. The van der Waals surface area contributed by atoms with Crippen LogP contribution >= 0.6 is 0 Å². The van der Waals surface area contributed by atoms with Gasteiger partial charge < -0.3 is 14.6 Å². The highest BCUT2D eigenvalue weighted by Crippen LogP contribution is 2.45. The van der Waals surface area contributed by atoms with Crippen molar-refractivity contribution in [3.05, 3.63) is 35.8 Å². The van der Waals surface area contributed by atoms with Crippen LogP contribution in [0.2, 0.25) is 0 Å². The Balaban J connectivity index is 1.11. The van der Waals surface area contributed by atoms with Crippen molar-refractivity contribution in [2.75, 3.05) is 19.6 Å². The van der Waals surface area contributed by atoms with Crippen molar-refractivity contribution in [3.63, 3.8) is 0 Å². The molecule has 0 radical (unpaired) electrons. The van der Waals surface area contributed by atoms with Crippen LogP contribution < -0.4 is 5.32 Å². The molecule has 1 aromatic rings. The van der Waals surface area contributed by atoms with Crippen LogP contribution in [0.4, 0.5) is 4.79 Å². The van der Waals surface area contributed by atoms with Gasteiger partial charge in [-0.2, -0.15) is 0 Å². The van der Waals surface area contributed by atoms with Crippen LogP contribution in [0, 0.1) is 11.8 Å². The van der Waals surface area contributed by atoms with Gasteiger partial charge in [0.1, 0.15) is 11.8 Å². The molecule has 0 aromatic carbocycles. The number of hydrogen-bond donors (Lipinski definition) is 1. The fraction of sp³-hybridized carbons (Fsp3) is 0.654. The summed E-state index contributed by atoms with van der Waals surface area (Å²) >= 11 is 0. The highest BCUT2D eigenvalue weighted by atomic mass is 16.3. The summed E-state index contributed by atoms with van der Waals surface area (Å²) < 4.78 is 5.28. The molecular weight excluding hydrogens is 432 g/mol. The second-order valence-corrected chi connectivity index (χ2v) is 10.6. The fourth-order valence-electron chi connectivity index (χ4n) is 7.15. The monoisotopic (exact) mass is 466 g/mol. The number of rotatable bonds is 5. The zero-order chi connectivity index (χ0) is 23.2. The largest absolute Gasteiger partial charge is 0.467 e. The summed E-state index contributed by atoms with van der Waals surface area (Å²) in [5.74, 6) is 1.55. The first-order valence-corrected chi connectivity index (χ1v) is 13.0. The van der Waals surface area contributed by atoms with Gasteiger partial charge in [0, 0.05) is 25.6 Å². The lowest BCUT2D eigenvalue weighted by molar-refractivity contribution is -0.136. The lowest BCUT2D eigenvalue weighted by atomic mass is 9.68. The van der Waals surface area contributed by atoms with Gasteiger partial charge in [-0.15, -0.1) is 0 Å². The molecule has 0 spiro atoms. The number of imide groups is 1. The van der Waals surface area contributed by atoms with Gasteiger partial charge in [0.05, 0.1) is 18.8 Å². The molecule has 1 aliphatic carbocycles. The maximum absolute atomic E-state index is 13.4. The van der Waals surface area contributed by atoms with E-state index in [0.29, 0.717) is 30.1 Å². The molecule has 5 heterocycles. The Hall–Kier alpha value is -2.61. The molecule has 182 valence electrons. The SMILES string of the molecule is O=C1N[C@H](CCC(=O)N2CCCC3=C[C@H]4C[C@@H](CN5CCCC[C@H]45)[C@@H]32)C(=O)N1Cc1ccco1. The molecule has 8 heteroatoms. The lowest BCUT2D eigenvalue weighted by Crippen LogP contribution is -2.60. The van der Waals surface area contributed by atoms with Crippen LogP contribution in [-0.4, -0.2) is 70.3 Å². The highest BCUT2D eigenvalue weighted by Gasteiger charge is 2.47. The standard InChI is InChI=1S/C26H34N4O4/c31-23(9-8-21-25(32)30(26(33)27-21)16-20-6-4-12-34-20)29-11-3-5-17-13-18-14-19(24(17)29)15-28-10-2-1-7-22(18)28/h4,6,12-13,18-19,21-22,24H,1-3,5,7-11,14-16H2,(H,27,33)/t18-,19-,21+,22+,24+/m0/s1. The van der Waals surface area contributed by atoms with Crippen molar-refractivity contribution in [1.29, 1.82) is 0 Å². The molecule has 2 bridgehead atoms. The third-order valence-electron chi connectivity index (χ3n) is 8.63. The number of furan rings is 1. The van der Waals surface area contributed by atoms with E-state index in [9.17, 15) is 14.4 Å². The summed E-state index contributed by atoms with van der Waals surface area (Å²) in [4.78, 5) is 44.5. The molecular formula is C26H34N4O4. The molecule has 0 unspecified atom stereocenters.